The van der Waals surface area contributed by atoms with Crippen LogP contribution in [0.3, 0.4) is 0 Å². The molecule has 0 spiro atoms. The lowest BCUT2D eigenvalue weighted by atomic mass is 9.90. The van der Waals surface area contributed by atoms with Crippen LogP contribution in [0.5, 0.6) is 0 Å². The quantitative estimate of drug-likeness (QED) is 0.666. The fraction of sp³-hybridized carbons (Fsp3) is 1.00. The smallest absolute Gasteiger partial charge is 0.0592 e. The highest BCUT2D eigenvalue weighted by molar-refractivity contribution is 4.71. The zero-order chi connectivity index (χ0) is 11.1. The highest BCUT2D eigenvalue weighted by atomic mass is 16.3. The molecule has 0 aliphatic carbocycles. The molecule has 2 N–H and O–H groups in total. The van der Waals surface area contributed by atoms with E-state index in [2.05, 4.69) is 27.7 Å². The van der Waals surface area contributed by atoms with Gasteiger partial charge in [0.05, 0.1) is 12.2 Å². The fourth-order valence-corrected chi connectivity index (χ4v) is 1.94. The molecular formula is C12H26O2. The minimum Gasteiger partial charge on any atom is -0.393 e. The van der Waals surface area contributed by atoms with Crippen molar-refractivity contribution in [3.63, 3.8) is 0 Å². The van der Waals surface area contributed by atoms with Crippen LogP contribution in [0.1, 0.15) is 53.4 Å². The summed E-state index contributed by atoms with van der Waals surface area (Å²) in [6, 6.07) is 0. The summed E-state index contributed by atoms with van der Waals surface area (Å²) in [6.07, 6.45) is 2.63. The van der Waals surface area contributed by atoms with E-state index in [1.165, 1.54) is 0 Å². The van der Waals surface area contributed by atoms with Crippen molar-refractivity contribution in [3.05, 3.63) is 0 Å². The van der Waals surface area contributed by atoms with Gasteiger partial charge in [0.1, 0.15) is 0 Å². The van der Waals surface area contributed by atoms with Gasteiger partial charge in [0.2, 0.25) is 0 Å². The van der Waals surface area contributed by atoms with Gasteiger partial charge < -0.3 is 10.2 Å². The second kappa shape index (κ2) is 7.24. The van der Waals surface area contributed by atoms with Crippen molar-refractivity contribution in [3.8, 4) is 0 Å². The van der Waals surface area contributed by atoms with Crippen molar-refractivity contribution in [2.45, 2.75) is 65.6 Å². The van der Waals surface area contributed by atoms with Crippen LogP contribution in [-0.2, 0) is 0 Å². The molecule has 0 saturated heterocycles. The number of aliphatic hydroxyl groups is 2. The molecule has 0 saturated carbocycles. The number of aliphatic hydroxyl groups excluding tert-OH is 2. The van der Waals surface area contributed by atoms with Gasteiger partial charge in [0.15, 0.2) is 0 Å². The Balaban J connectivity index is 3.84. The highest BCUT2D eigenvalue weighted by Gasteiger charge is 2.19. The van der Waals surface area contributed by atoms with E-state index in [-0.39, 0.29) is 12.2 Å². The van der Waals surface area contributed by atoms with Gasteiger partial charge in [-0.05, 0) is 24.7 Å². The molecule has 0 rings (SSSR count). The van der Waals surface area contributed by atoms with Crippen LogP contribution in [0.15, 0.2) is 0 Å². The van der Waals surface area contributed by atoms with Crippen molar-refractivity contribution >= 4 is 0 Å². The summed E-state index contributed by atoms with van der Waals surface area (Å²) in [5.74, 6) is 0.843. The molecular weight excluding hydrogens is 176 g/mol. The van der Waals surface area contributed by atoms with Crippen molar-refractivity contribution in [1.82, 2.24) is 0 Å². The monoisotopic (exact) mass is 202 g/mol. The summed E-state index contributed by atoms with van der Waals surface area (Å²) in [4.78, 5) is 0. The van der Waals surface area contributed by atoms with Gasteiger partial charge >= 0.3 is 0 Å². The van der Waals surface area contributed by atoms with Crippen molar-refractivity contribution < 1.29 is 10.2 Å². The third-order valence-electron chi connectivity index (χ3n) is 2.85. The lowest BCUT2D eigenvalue weighted by Gasteiger charge is -2.23. The Morgan fingerprint density at radius 2 is 1.43 bits per heavy atom. The van der Waals surface area contributed by atoms with Gasteiger partial charge in [-0.1, -0.05) is 40.5 Å². The summed E-state index contributed by atoms with van der Waals surface area (Å²) in [5, 5.41) is 19.5. The van der Waals surface area contributed by atoms with E-state index in [4.69, 9.17) is 0 Å². The molecule has 0 unspecified atom stereocenters. The van der Waals surface area contributed by atoms with E-state index in [1.54, 1.807) is 0 Å². The predicted molar refractivity (Wildman–Crippen MR) is 60.2 cm³/mol. The molecule has 86 valence electrons. The van der Waals surface area contributed by atoms with Crippen LogP contribution >= 0.6 is 0 Å². The first-order valence-corrected chi connectivity index (χ1v) is 5.87. The third-order valence-corrected chi connectivity index (χ3v) is 2.85. The van der Waals surface area contributed by atoms with E-state index in [0.717, 1.165) is 19.3 Å². The first-order valence-electron chi connectivity index (χ1n) is 5.87. The lowest BCUT2D eigenvalue weighted by Crippen LogP contribution is -2.25. The molecule has 0 heterocycles. The molecule has 2 nitrogen and oxygen atoms in total. The van der Waals surface area contributed by atoms with Gasteiger partial charge in [-0.15, -0.1) is 0 Å². The first-order chi connectivity index (χ1) is 6.51. The number of hydrogen-bond donors (Lipinski definition) is 2. The van der Waals surface area contributed by atoms with Crippen LogP contribution in [0.4, 0.5) is 0 Å². The predicted octanol–water partition coefficient (Wildman–Crippen LogP) is 2.58. The Morgan fingerprint density at radius 1 is 0.929 bits per heavy atom. The Morgan fingerprint density at radius 3 is 1.79 bits per heavy atom. The number of hydrogen-bond acceptors (Lipinski definition) is 2. The fourth-order valence-electron chi connectivity index (χ4n) is 1.94. The summed E-state index contributed by atoms with van der Waals surface area (Å²) in [7, 11) is 0. The minimum absolute atomic E-state index is 0.334. The largest absolute Gasteiger partial charge is 0.393 e. The van der Waals surface area contributed by atoms with E-state index < -0.39 is 0 Å². The Kier molecular flexibility index (Phi) is 7.20. The normalized spacial score (nSPS) is 16.3. The van der Waals surface area contributed by atoms with E-state index >= 15 is 0 Å². The summed E-state index contributed by atoms with van der Waals surface area (Å²) >= 11 is 0. The topological polar surface area (TPSA) is 40.5 Å². The van der Waals surface area contributed by atoms with Gasteiger partial charge in [0.25, 0.3) is 0 Å². The SMILES string of the molecule is CCC(CC)[C@H](O)C[C@@H](O)CC(C)C. The van der Waals surface area contributed by atoms with Crippen molar-refractivity contribution in [2.24, 2.45) is 11.8 Å². The maximum Gasteiger partial charge on any atom is 0.0592 e. The van der Waals surface area contributed by atoms with E-state index in [0.29, 0.717) is 18.3 Å². The van der Waals surface area contributed by atoms with Gasteiger partial charge in [-0.3, -0.25) is 0 Å². The van der Waals surface area contributed by atoms with Crippen molar-refractivity contribution in [1.29, 1.82) is 0 Å². The third kappa shape index (κ3) is 5.61. The van der Waals surface area contributed by atoms with Crippen LogP contribution in [0.2, 0.25) is 0 Å². The van der Waals surface area contributed by atoms with E-state index in [1.807, 2.05) is 0 Å². The summed E-state index contributed by atoms with van der Waals surface area (Å²) in [6.45, 7) is 8.36. The lowest BCUT2D eigenvalue weighted by molar-refractivity contribution is 0.0331. The summed E-state index contributed by atoms with van der Waals surface area (Å²) in [5.41, 5.74) is 0. The average molecular weight is 202 g/mol. The molecule has 0 aromatic carbocycles. The molecule has 2 atom stereocenters. The Bertz CT molecular complexity index is 130. The van der Waals surface area contributed by atoms with Crippen LogP contribution in [-0.4, -0.2) is 22.4 Å². The van der Waals surface area contributed by atoms with Crippen LogP contribution < -0.4 is 0 Å². The molecule has 0 bridgehead atoms. The van der Waals surface area contributed by atoms with Crippen LogP contribution in [0.25, 0.3) is 0 Å². The summed E-state index contributed by atoms with van der Waals surface area (Å²) < 4.78 is 0. The van der Waals surface area contributed by atoms with Crippen LogP contribution in [0, 0.1) is 11.8 Å². The van der Waals surface area contributed by atoms with Gasteiger partial charge in [-0.25, -0.2) is 0 Å². The first kappa shape index (κ1) is 13.9. The zero-order valence-electron chi connectivity index (χ0n) is 10.0. The molecule has 0 radical (unpaired) electrons. The highest BCUT2D eigenvalue weighted by Crippen LogP contribution is 2.19. The Hall–Kier alpha value is -0.0800. The molecule has 14 heavy (non-hydrogen) atoms. The maximum atomic E-state index is 9.83. The van der Waals surface area contributed by atoms with E-state index in [9.17, 15) is 10.2 Å². The number of rotatable bonds is 7. The Labute approximate surface area is 88.3 Å². The van der Waals surface area contributed by atoms with Gasteiger partial charge in [0, 0.05) is 0 Å². The molecule has 0 fully saturated rings. The molecule has 0 amide bonds. The average Bonchev–Trinajstić information content (AvgIpc) is 2.04. The molecule has 2 heteroatoms. The molecule has 0 aromatic heterocycles. The molecule has 0 aromatic rings. The maximum absolute atomic E-state index is 9.83. The second-order valence-corrected chi connectivity index (χ2v) is 4.66. The van der Waals surface area contributed by atoms with Gasteiger partial charge in [-0.2, -0.15) is 0 Å². The van der Waals surface area contributed by atoms with Crippen molar-refractivity contribution in [2.75, 3.05) is 0 Å². The second-order valence-electron chi connectivity index (χ2n) is 4.66. The minimum atomic E-state index is -0.342. The standard InChI is InChI=1S/C12H26O2/c1-5-10(6-2)12(14)8-11(13)7-9(3)4/h9-14H,5-8H2,1-4H3/t11-,12+/m0/s1. The zero-order valence-corrected chi connectivity index (χ0v) is 10.0. The molecule has 0 aliphatic rings. The molecule has 0 aliphatic heterocycles.